The SMILES string of the molecule is N#Cc1ccc(-c2nc(-c3ccncn3)no2)cc1. The lowest BCUT2D eigenvalue weighted by Gasteiger charge is -1.93. The van der Waals surface area contributed by atoms with Crippen molar-refractivity contribution in [2.75, 3.05) is 0 Å². The number of nitriles is 1. The maximum atomic E-state index is 8.74. The van der Waals surface area contributed by atoms with Crippen LogP contribution in [-0.4, -0.2) is 20.1 Å². The Labute approximate surface area is 108 Å². The van der Waals surface area contributed by atoms with Gasteiger partial charge in [0.05, 0.1) is 11.6 Å². The fraction of sp³-hybridized carbons (Fsp3) is 0. The minimum absolute atomic E-state index is 0.387. The minimum Gasteiger partial charge on any atom is -0.334 e. The van der Waals surface area contributed by atoms with Crippen molar-refractivity contribution < 1.29 is 4.52 Å². The molecule has 6 heteroatoms. The van der Waals surface area contributed by atoms with E-state index < -0.39 is 0 Å². The van der Waals surface area contributed by atoms with Gasteiger partial charge in [-0.15, -0.1) is 0 Å². The molecule has 0 saturated carbocycles. The molecule has 0 fully saturated rings. The maximum Gasteiger partial charge on any atom is 0.258 e. The third-order valence-corrected chi connectivity index (χ3v) is 2.50. The van der Waals surface area contributed by atoms with Gasteiger partial charge in [0, 0.05) is 11.8 Å². The Morgan fingerprint density at radius 3 is 2.63 bits per heavy atom. The summed E-state index contributed by atoms with van der Waals surface area (Å²) in [4.78, 5) is 12.1. The second-order valence-corrected chi connectivity index (χ2v) is 3.71. The van der Waals surface area contributed by atoms with Crippen molar-refractivity contribution in [3.05, 3.63) is 48.4 Å². The Morgan fingerprint density at radius 1 is 1.11 bits per heavy atom. The molecule has 0 radical (unpaired) electrons. The molecule has 2 heterocycles. The molecule has 1 aromatic carbocycles. The van der Waals surface area contributed by atoms with Crippen LogP contribution in [0.4, 0.5) is 0 Å². The topological polar surface area (TPSA) is 88.5 Å². The number of nitrogens with zero attached hydrogens (tertiary/aromatic N) is 5. The van der Waals surface area contributed by atoms with Gasteiger partial charge in [0.2, 0.25) is 5.82 Å². The molecule has 0 spiro atoms. The molecule has 90 valence electrons. The van der Waals surface area contributed by atoms with Crippen LogP contribution in [0, 0.1) is 11.3 Å². The highest BCUT2D eigenvalue weighted by Crippen LogP contribution is 2.20. The number of hydrogen-bond acceptors (Lipinski definition) is 6. The van der Waals surface area contributed by atoms with E-state index in [1.54, 1.807) is 36.5 Å². The summed E-state index contributed by atoms with van der Waals surface area (Å²) in [7, 11) is 0. The normalized spacial score (nSPS) is 10.1. The van der Waals surface area contributed by atoms with Gasteiger partial charge in [0.15, 0.2) is 0 Å². The zero-order valence-corrected chi connectivity index (χ0v) is 9.69. The second-order valence-electron chi connectivity index (χ2n) is 3.71. The first-order valence-electron chi connectivity index (χ1n) is 5.47. The first-order chi connectivity index (χ1) is 9.36. The van der Waals surface area contributed by atoms with Gasteiger partial charge in [-0.3, -0.25) is 0 Å². The minimum atomic E-state index is 0.387. The third-order valence-electron chi connectivity index (χ3n) is 2.50. The summed E-state index contributed by atoms with van der Waals surface area (Å²) in [6.07, 6.45) is 3.03. The zero-order chi connectivity index (χ0) is 13.1. The van der Waals surface area contributed by atoms with Gasteiger partial charge >= 0.3 is 0 Å². The zero-order valence-electron chi connectivity index (χ0n) is 9.69. The van der Waals surface area contributed by atoms with E-state index in [0.717, 1.165) is 5.56 Å². The van der Waals surface area contributed by atoms with Crippen LogP contribution in [-0.2, 0) is 0 Å². The largest absolute Gasteiger partial charge is 0.334 e. The van der Waals surface area contributed by atoms with Crippen LogP contribution in [0.15, 0.2) is 47.4 Å². The highest BCUT2D eigenvalue weighted by molar-refractivity contribution is 5.58. The Balaban J connectivity index is 1.95. The quantitative estimate of drug-likeness (QED) is 0.690. The van der Waals surface area contributed by atoms with Gasteiger partial charge in [0.25, 0.3) is 5.89 Å². The molecule has 0 N–H and O–H groups in total. The predicted octanol–water partition coefficient (Wildman–Crippen LogP) is 2.07. The second kappa shape index (κ2) is 4.66. The van der Waals surface area contributed by atoms with Crippen LogP contribution in [0.3, 0.4) is 0 Å². The number of aromatic nitrogens is 4. The number of benzene rings is 1. The van der Waals surface area contributed by atoms with E-state index in [0.29, 0.717) is 23.0 Å². The summed E-state index contributed by atoms with van der Waals surface area (Å²) in [5.74, 6) is 0.792. The molecule has 0 unspecified atom stereocenters. The summed E-state index contributed by atoms with van der Waals surface area (Å²) in [6.45, 7) is 0. The van der Waals surface area contributed by atoms with Crippen molar-refractivity contribution in [3.63, 3.8) is 0 Å². The van der Waals surface area contributed by atoms with E-state index in [4.69, 9.17) is 9.78 Å². The lowest BCUT2D eigenvalue weighted by atomic mass is 10.1. The lowest BCUT2D eigenvalue weighted by molar-refractivity contribution is 0.432. The van der Waals surface area contributed by atoms with Crippen LogP contribution in [0.2, 0.25) is 0 Å². The fourth-order valence-corrected chi connectivity index (χ4v) is 1.56. The Bertz CT molecular complexity index is 728. The molecule has 0 atom stereocenters. The van der Waals surface area contributed by atoms with Crippen molar-refractivity contribution in [2.45, 2.75) is 0 Å². The molecular weight excluding hydrogens is 242 g/mol. The van der Waals surface area contributed by atoms with Crippen molar-refractivity contribution >= 4 is 0 Å². The first kappa shape index (κ1) is 11.0. The smallest absolute Gasteiger partial charge is 0.258 e. The molecule has 19 heavy (non-hydrogen) atoms. The molecule has 3 aromatic rings. The average Bonchev–Trinajstić information content (AvgIpc) is 2.98. The number of hydrogen-bond donors (Lipinski definition) is 0. The van der Waals surface area contributed by atoms with Crippen molar-refractivity contribution in [1.29, 1.82) is 5.26 Å². The third kappa shape index (κ3) is 2.17. The molecule has 0 aliphatic heterocycles. The average molecular weight is 249 g/mol. The highest BCUT2D eigenvalue weighted by Gasteiger charge is 2.11. The predicted molar refractivity (Wildman–Crippen MR) is 65.5 cm³/mol. The van der Waals surface area contributed by atoms with E-state index in [2.05, 4.69) is 26.2 Å². The van der Waals surface area contributed by atoms with E-state index in [1.807, 2.05) is 0 Å². The molecule has 0 bridgehead atoms. The lowest BCUT2D eigenvalue weighted by Crippen LogP contribution is -1.86. The van der Waals surface area contributed by atoms with Gasteiger partial charge in [-0.1, -0.05) is 5.16 Å². The van der Waals surface area contributed by atoms with E-state index in [-0.39, 0.29) is 0 Å². The highest BCUT2D eigenvalue weighted by atomic mass is 16.5. The van der Waals surface area contributed by atoms with Crippen LogP contribution in [0.25, 0.3) is 23.0 Å². The Morgan fingerprint density at radius 2 is 1.95 bits per heavy atom. The standard InChI is InChI=1S/C13H7N5O/c14-7-9-1-3-10(4-2-9)13-17-12(18-19-13)11-5-6-15-8-16-11/h1-6,8H. The van der Waals surface area contributed by atoms with Crippen LogP contribution < -0.4 is 0 Å². The molecule has 0 aliphatic rings. The van der Waals surface area contributed by atoms with Crippen molar-refractivity contribution in [2.24, 2.45) is 0 Å². The summed E-state index contributed by atoms with van der Waals surface area (Å²) in [5, 5.41) is 12.6. The molecule has 3 rings (SSSR count). The van der Waals surface area contributed by atoms with Gasteiger partial charge in [-0.2, -0.15) is 10.2 Å². The van der Waals surface area contributed by atoms with Gasteiger partial charge in [0.1, 0.15) is 12.0 Å². The van der Waals surface area contributed by atoms with E-state index in [9.17, 15) is 0 Å². The molecule has 6 nitrogen and oxygen atoms in total. The van der Waals surface area contributed by atoms with Gasteiger partial charge in [-0.25, -0.2) is 9.97 Å². The summed E-state index contributed by atoms with van der Waals surface area (Å²) >= 11 is 0. The van der Waals surface area contributed by atoms with Crippen LogP contribution in [0.1, 0.15) is 5.56 Å². The fourth-order valence-electron chi connectivity index (χ4n) is 1.56. The monoisotopic (exact) mass is 249 g/mol. The van der Waals surface area contributed by atoms with Crippen LogP contribution in [0.5, 0.6) is 0 Å². The number of rotatable bonds is 2. The summed E-state index contributed by atoms with van der Waals surface area (Å²) in [6, 6.07) is 10.7. The van der Waals surface area contributed by atoms with Gasteiger partial charge in [-0.05, 0) is 30.3 Å². The molecule has 2 aromatic heterocycles. The van der Waals surface area contributed by atoms with Crippen molar-refractivity contribution in [1.82, 2.24) is 20.1 Å². The Kier molecular flexibility index (Phi) is 2.71. The molecule has 0 aliphatic carbocycles. The molecule has 0 saturated heterocycles. The van der Waals surface area contributed by atoms with E-state index >= 15 is 0 Å². The van der Waals surface area contributed by atoms with Crippen LogP contribution >= 0.6 is 0 Å². The molecular formula is C13H7N5O. The molecule has 0 amide bonds. The summed E-state index contributed by atoms with van der Waals surface area (Å²) in [5.41, 5.74) is 1.93. The van der Waals surface area contributed by atoms with E-state index in [1.165, 1.54) is 6.33 Å². The first-order valence-corrected chi connectivity index (χ1v) is 5.47. The Hall–Kier alpha value is -3.07. The maximum absolute atomic E-state index is 8.74. The van der Waals surface area contributed by atoms with Crippen molar-refractivity contribution in [3.8, 4) is 29.0 Å². The van der Waals surface area contributed by atoms with Gasteiger partial charge < -0.3 is 4.52 Å². The summed E-state index contributed by atoms with van der Waals surface area (Å²) < 4.78 is 5.17.